The van der Waals surface area contributed by atoms with Crippen molar-refractivity contribution < 1.29 is 14.4 Å². The molecule has 0 aromatic carbocycles. The molecule has 1 rings (SSSR count). The highest BCUT2D eigenvalue weighted by atomic mass is 32.2. The van der Waals surface area contributed by atoms with E-state index in [1.165, 1.54) is 12.2 Å². The lowest BCUT2D eigenvalue weighted by atomic mass is 9.91. The Morgan fingerprint density at radius 3 is 2.56 bits per heavy atom. The van der Waals surface area contributed by atoms with Crippen molar-refractivity contribution in [1.29, 1.82) is 0 Å². The summed E-state index contributed by atoms with van der Waals surface area (Å²) >= 11 is 1.60. The third kappa shape index (κ3) is 3.88. The summed E-state index contributed by atoms with van der Waals surface area (Å²) in [5.74, 6) is 1.10. The molecule has 0 radical (unpaired) electrons. The van der Waals surface area contributed by atoms with Crippen LogP contribution in [0, 0.1) is 5.41 Å². The first-order valence-electron chi connectivity index (χ1n) is 5.95. The van der Waals surface area contributed by atoms with Crippen molar-refractivity contribution >= 4 is 23.6 Å². The Labute approximate surface area is 113 Å². The number of nitrogens with zero attached hydrogens (tertiary/aromatic N) is 2. The van der Waals surface area contributed by atoms with Crippen molar-refractivity contribution in [2.24, 2.45) is 5.41 Å². The van der Waals surface area contributed by atoms with E-state index in [2.05, 4.69) is 0 Å². The van der Waals surface area contributed by atoms with Gasteiger partial charge in [-0.15, -0.1) is 11.8 Å². The van der Waals surface area contributed by atoms with Crippen molar-refractivity contribution in [3.63, 3.8) is 0 Å². The Kier molecular flexibility index (Phi) is 5.04. The summed E-state index contributed by atoms with van der Waals surface area (Å²) in [6, 6.07) is -0.394. The third-order valence-electron chi connectivity index (χ3n) is 2.75. The van der Waals surface area contributed by atoms with Gasteiger partial charge in [-0.2, -0.15) is 0 Å². The summed E-state index contributed by atoms with van der Waals surface area (Å²) < 4.78 is 0. The molecule has 1 heterocycles. The van der Waals surface area contributed by atoms with Crippen molar-refractivity contribution in [2.45, 2.75) is 33.2 Å². The molecular formula is C12H22N2O3S. The summed E-state index contributed by atoms with van der Waals surface area (Å²) in [6.45, 7) is 6.06. The van der Waals surface area contributed by atoms with E-state index in [0.29, 0.717) is 18.1 Å². The van der Waals surface area contributed by atoms with Gasteiger partial charge in [0.2, 0.25) is 5.91 Å². The van der Waals surface area contributed by atoms with Crippen LogP contribution in [0.1, 0.15) is 27.2 Å². The predicted molar refractivity (Wildman–Crippen MR) is 71.8 cm³/mol. The molecule has 0 N–H and O–H groups in total. The highest BCUT2D eigenvalue weighted by molar-refractivity contribution is 7.99. The number of thioether (sulfide) groups is 1. The number of amides is 2. The molecule has 104 valence electrons. The highest BCUT2D eigenvalue weighted by Crippen LogP contribution is 2.27. The molecule has 0 aliphatic carbocycles. The van der Waals surface area contributed by atoms with Crippen molar-refractivity contribution in [1.82, 2.24) is 9.96 Å². The number of likely N-dealkylation sites (N-methyl/N-ethyl adjacent to an activating group) is 1. The minimum Gasteiger partial charge on any atom is -0.320 e. The molecule has 1 aliphatic heterocycles. The molecule has 0 spiro atoms. The Hall–Kier alpha value is -0.750. The zero-order chi connectivity index (χ0) is 13.9. The number of carbonyl (C=O) groups excluding carboxylic acids is 2. The van der Waals surface area contributed by atoms with Gasteiger partial charge in [0.1, 0.15) is 6.04 Å². The zero-order valence-electron chi connectivity index (χ0n) is 11.7. The number of rotatable bonds is 3. The van der Waals surface area contributed by atoms with Crippen molar-refractivity contribution in [3.8, 4) is 0 Å². The van der Waals surface area contributed by atoms with E-state index in [1.807, 2.05) is 20.8 Å². The fourth-order valence-electron chi connectivity index (χ4n) is 1.75. The van der Waals surface area contributed by atoms with E-state index in [9.17, 15) is 9.59 Å². The van der Waals surface area contributed by atoms with Gasteiger partial charge in [0.25, 0.3) is 5.91 Å². The summed E-state index contributed by atoms with van der Waals surface area (Å²) in [4.78, 5) is 30.8. The first kappa shape index (κ1) is 15.3. The van der Waals surface area contributed by atoms with Gasteiger partial charge in [-0.3, -0.25) is 14.4 Å². The lowest BCUT2D eigenvalue weighted by Gasteiger charge is -2.28. The van der Waals surface area contributed by atoms with Crippen LogP contribution in [0.5, 0.6) is 0 Å². The first-order chi connectivity index (χ1) is 8.26. The molecular weight excluding hydrogens is 252 g/mol. The predicted octanol–water partition coefficient (Wildman–Crippen LogP) is 1.34. The average molecular weight is 274 g/mol. The third-order valence-corrected chi connectivity index (χ3v) is 3.77. The molecule has 5 nitrogen and oxygen atoms in total. The molecule has 1 saturated heterocycles. The van der Waals surface area contributed by atoms with Gasteiger partial charge in [-0.25, -0.2) is 5.06 Å². The van der Waals surface area contributed by atoms with E-state index in [1.54, 1.807) is 23.7 Å². The zero-order valence-corrected chi connectivity index (χ0v) is 12.5. The van der Waals surface area contributed by atoms with Crippen LogP contribution in [0.3, 0.4) is 0 Å². The maximum absolute atomic E-state index is 12.2. The van der Waals surface area contributed by atoms with Gasteiger partial charge in [0, 0.05) is 19.2 Å². The van der Waals surface area contributed by atoms with Crippen LogP contribution < -0.4 is 0 Å². The molecule has 1 unspecified atom stereocenters. The maximum atomic E-state index is 12.2. The average Bonchev–Trinajstić information content (AvgIpc) is 2.73. The first-order valence-corrected chi connectivity index (χ1v) is 7.10. The van der Waals surface area contributed by atoms with E-state index >= 15 is 0 Å². The fraction of sp³-hybridized carbons (Fsp3) is 0.833. The standard InChI is InChI=1S/C12H22N2O3S/c1-12(2,3)6-10(15)14-8-18-7-9(14)11(16)13(4)17-5/h9H,6-8H2,1-5H3. The Balaban J connectivity index is 2.70. The topological polar surface area (TPSA) is 49.9 Å². The van der Waals surface area contributed by atoms with Gasteiger partial charge in [-0.1, -0.05) is 20.8 Å². The number of hydrogen-bond acceptors (Lipinski definition) is 4. The monoisotopic (exact) mass is 274 g/mol. The van der Waals surface area contributed by atoms with Crippen molar-refractivity contribution in [3.05, 3.63) is 0 Å². The summed E-state index contributed by atoms with van der Waals surface area (Å²) in [7, 11) is 3.01. The summed E-state index contributed by atoms with van der Waals surface area (Å²) in [5.41, 5.74) is -0.0644. The molecule has 1 fully saturated rings. The van der Waals surface area contributed by atoms with Crippen LogP contribution in [0.25, 0.3) is 0 Å². The van der Waals surface area contributed by atoms with Crippen LogP contribution in [-0.4, -0.2) is 53.6 Å². The Morgan fingerprint density at radius 1 is 1.44 bits per heavy atom. The van der Waals surface area contributed by atoms with Crippen LogP contribution in [0.2, 0.25) is 0 Å². The molecule has 0 aromatic rings. The summed E-state index contributed by atoms with van der Waals surface area (Å²) in [6.07, 6.45) is 0.452. The fourth-order valence-corrected chi connectivity index (χ4v) is 2.92. The molecule has 1 aliphatic rings. The molecule has 0 saturated carbocycles. The second kappa shape index (κ2) is 5.93. The summed E-state index contributed by atoms with van der Waals surface area (Å²) in [5, 5.41) is 1.19. The minimum atomic E-state index is -0.394. The van der Waals surface area contributed by atoms with Gasteiger partial charge >= 0.3 is 0 Å². The lowest BCUT2D eigenvalue weighted by Crippen LogP contribution is -2.48. The van der Waals surface area contributed by atoms with Gasteiger partial charge < -0.3 is 4.90 Å². The molecule has 6 heteroatoms. The normalized spacial score (nSPS) is 20.1. The van der Waals surface area contributed by atoms with E-state index < -0.39 is 6.04 Å². The highest BCUT2D eigenvalue weighted by Gasteiger charge is 2.37. The molecule has 18 heavy (non-hydrogen) atoms. The lowest BCUT2D eigenvalue weighted by molar-refractivity contribution is -0.174. The molecule has 0 bridgehead atoms. The van der Waals surface area contributed by atoms with E-state index in [-0.39, 0.29) is 17.2 Å². The smallest absolute Gasteiger partial charge is 0.269 e. The van der Waals surface area contributed by atoms with E-state index in [0.717, 1.165) is 0 Å². The van der Waals surface area contributed by atoms with Crippen LogP contribution in [-0.2, 0) is 14.4 Å². The van der Waals surface area contributed by atoms with Gasteiger partial charge in [0.05, 0.1) is 13.0 Å². The van der Waals surface area contributed by atoms with Crippen LogP contribution >= 0.6 is 11.8 Å². The molecule has 0 aromatic heterocycles. The van der Waals surface area contributed by atoms with Gasteiger partial charge in [0.15, 0.2) is 0 Å². The maximum Gasteiger partial charge on any atom is 0.269 e. The number of hydrogen-bond donors (Lipinski definition) is 0. The number of hydroxylamine groups is 2. The largest absolute Gasteiger partial charge is 0.320 e. The van der Waals surface area contributed by atoms with Crippen LogP contribution in [0.15, 0.2) is 0 Å². The SMILES string of the molecule is CON(C)C(=O)C1CSCN1C(=O)CC(C)(C)C. The van der Waals surface area contributed by atoms with Crippen LogP contribution in [0.4, 0.5) is 0 Å². The second-order valence-corrected chi connectivity index (χ2v) is 6.63. The molecule has 1 atom stereocenters. The number of carbonyl (C=O) groups is 2. The second-order valence-electron chi connectivity index (χ2n) is 5.63. The molecule has 2 amide bonds. The Bertz CT molecular complexity index is 328. The quantitative estimate of drug-likeness (QED) is 0.729. The van der Waals surface area contributed by atoms with Crippen molar-refractivity contribution in [2.75, 3.05) is 25.8 Å². The Morgan fingerprint density at radius 2 is 2.06 bits per heavy atom. The van der Waals surface area contributed by atoms with E-state index in [4.69, 9.17) is 4.84 Å². The minimum absolute atomic E-state index is 0.0374. The van der Waals surface area contributed by atoms with Gasteiger partial charge in [-0.05, 0) is 5.41 Å².